The highest BCUT2D eigenvalue weighted by Crippen LogP contribution is 2.04. The number of aromatic nitrogens is 1. The molecule has 0 spiro atoms. The second kappa shape index (κ2) is 2.64. The largest absolute Gasteiger partial charge is 0.435 e. The molecule has 1 rings (SSSR count). The summed E-state index contributed by atoms with van der Waals surface area (Å²) in [6.07, 6.45) is 2.38. The van der Waals surface area contributed by atoms with Crippen LogP contribution in [0.4, 0.5) is 0 Å². The minimum absolute atomic E-state index is 0.475. The van der Waals surface area contributed by atoms with E-state index in [4.69, 9.17) is 9.15 Å². The Morgan fingerprint density at radius 2 is 2.56 bits per heavy atom. The molecule has 0 amide bonds. The molecule has 0 N–H and O–H groups in total. The SMILES string of the molecule is COCc1o[c]nc1C. The van der Waals surface area contributed by atoms with Crippen molar-refractivity contribution in [1.82, 2.24) is 4.98 Å². The van der Waals surface area contributed by atoms with Gasteiger partial charge in [-0.15, -0.1) is 0 Å². The number of hydrogen-bond donors (Lipinski definition) is 0. The molecule has 1 aromatic heterocycles. The van der Waals surface area contributed by atoms with Crippen molar-refractivity contribution in [2.75, 3.05) is 7.11 Å². The van der Waals surface area contributed by atoms with Crippen LogP contribution in [0.25, 0.3) is 0 Å². The third-order valence-electron chi connectivity index (χ3n) is 1.06. The summed E-state index contributed by atoms with van der Waals surface area (Å²) in [7, 11) is 1.61. The maximum absolute atomic E-state index is 4.84. The predicted molar refractivity (Wildman–Crippen MR) is 30.8 cm³/mol. The van der Waals surface area contributed by atoms with Crippen molar-refractivity contribution in [2.24, 2.45) is 0 Å². The number of nitrogens with zero attached hydrogens (tertiary/aromatic N) is 1. The molecule has 0 aromatic carbocycles. The van der Waals surface area contributed by atoms with Gasteiger partial charge in [-0.05, 0) is 6.92 Å². The van der Waals surface area contributed by atoms with Gasteiger partial charge in [-0.25, -0.2) is 4.98 Å². The van der Waals surface area contributed by atoms with E-state index in [1.807, 2.05) is 6.92 Å². The molecule has 0 aliphatic heterocycles. The average Bonchev–Trinajstić information content (AvgIpc) is 2.18. The van der Waals surface area contributed by atoms with Crippen LogP contribution in [-0.2, 0) is 11.3 Å². The molecule has 3 heteroatoms. The summed E-state index contributed by atoms with van der Waals surface area (Å²) in [6, 6.07) is 0. The maximum atomic E-state index is 4.84. The first-order chi connectivity index (χ1) is 4.34. The molecule has 1 radical (unpaired) electrons. The van der Waals surface area contributed by atoms with Gasteiger partial charge in [0, 0.05) is 7.11 Å². The molecule has 0 atom stereocenters. The normalized spacial score (nSPS) is 10.0. The predicted octanol–water partition coefficient (Wildman–Crippen LogP) is 0.930. The van der Waals surface area contributed by atoms with Gasteiger partial charge in [0.2, 0.25) is 0 Å². The number of rotatable bonds is 2. The Morgan fingerprint density at radius 1 is 1.78 bits per heavy atom. The zero-order valence-corrected chi connectivity index (χ0v) is 5.47. The highest BCUT2D eigenvalue weighted by atomic mass is 16.5. The van der Waals surface area contributed by atoms with Crippen molar-refractivity contribution in [2.45, 2.75) is 13.5 Å². The second-order valence-corrected chi connectivity index (χ2v) is 1.75. The first kappa shape index (κ1) is 6.29. The van der Waals surface area contributed by atoms with Crippen LogP contribution < -0.4 is 0 Å². The van der Waals surface area contributed by atoms with Crippen LogP contribution >= 0.6 is 0 Å². The van der Waals surface area contributed by atoms with Crippen molar-refractivity contribution >= 4 is 0 Å². The summed E-state index contributed by atoms with van der Waals surface area (Å²) in [5, 5.41) is 0. The smallest absolute Gasteiger partial charge is 0.284 e. The lowest BCUT2D eigenvalue weighted by Gasteiger charge is -1.91. The minimum Gasteiger partial charge on any atom is -0.435 e. The molecule has 0 bridgehead atoms. The van der Waals surface area contributed by atoms with Crippen LogP contribution in [0.1, 0.15) is 11.5 Å². The third-order valence-corrected chi connectivity index (χ3v) is 1.06. The Morgan fingerprint density at radius 3 is 3.00 bits per heavy atom. The maximum Gasteiger partial charge on any atom is 0.284 e. The Bertz CT molecular complexity index is 183. The van der Waals surface area contributed by atoms with Crippen LogP contribution in [0.2, 0.25) is 0 Å². The first-order valence-electron chi connectivity index (χ1n) is 2.66. The summed E-state index contributed by atoms with van der Waals surface area (Å²) >= 11 is 0. The molecule has 0 unspecified atom stereocenters. The average molecular weight is 126 g/mol. The van der Waals surface area contributed by atoms with Gasteiger partial charge >= 0.3 is 0 Å². The van der Waals surface area contributed by atoms with Crippen LogP contribution in [-0.4, -0.2) is 12.1 Å². The lowest BCUT2D eigenvalue weighted by atomic mass is 10.4. The molecule has 9 heavy (non-hydrogen) atoms. The Kier molecular flexibility index (Phi) is 1.85. The number of hydrogen-bond acceptors (Lipinski definition) is 3. The van der Waals surface area contributed by atoms with Gasteiger partial charge in [0.05, 0.1) is 5.69 Å². The van der Waals surface area contributed by atoms with E-state index in [0.29, 0.717) is 6.61 Å². The molecular weight excluding hydrogens is 118 g/mol. The van der Waals surface area contributed by atoms with Gasteiger partial charge in [-0.1, -0.05) is 0 Å². The van der Waals surface area contributed by atoms with Crippen molar-refractivity contribution in [3.8, 4) is 0 Å². The van der Waals surface area contributed by atoms with Gasteiger partial charge in [0.15, 0.2) is 5.76 Å². The lowest BCUT2D eigenvalue weighted by Crippen LogP contribution is -1.86. The van der Waals surface area contributed by atoms with Crippen LogP contribution in [0.15, 0.2) is 4.42 Å². The van der Waals surface area contributed by atoms with Crippen molar-refractivity contribution < 1.29 is 9.15 Å². The molecule has 49 valence electrons. The van der Waals surface area contributed by atoms with Gasteiger partial charge in [0.25, 0.3) is 6.39 Å². The standard InChI is InChI=1S/C6H8NO2/c1-5-6(3-8-2)9-4-7-5/h3H2,1-2H3. The van der Waals surface area contributed by atoms with Crippen molar-refractivity contribution in [3.05, 3.63) is 17.8 Å². The van der Waals surface area contributed by atoms with Gasteiger partial charge < -0.3 is 9.15 Å². The highest BCUT2D eigenvalue weighted by molar-refractivity contribution is 5.01. The monoisotopic (exact) mass is 126 g/mol. The van der Waals surface area contributed by atoms with E-state index < -0.39 is 0 Å². The number of oxazole rings is 1. The lowest BCUT2D eigenvalue weighted by molar-refractivity contribution is 0.163. The summed E-state index contributed by atoms with van der Waals surface area (Å²) < 4.78 is 9.66. The topological polar surface area (TPSA) is 35.3 Å². The van der Waals surface area contributed by atoms with Crippen LogP contribution in [0, 0.1) is 13.3 Å². The molecule has 0 saturated heterocycles. The highest BCUT2D eigenvalue weighted by Gasteiger charge is 2.00. The zero-order valence-electron chi connectivity index (χ0n) is 5.47. The Hall–Kier alpha value is -0.830. The fraction of sp³-hybridized carbons (Fsp3) is 0.500. The molecule has 1 heterocycles. The van der Waals surface area contributed by atoms with Crippen LogP contribution in [0.5, 0.6) is 0 Å². The number of aryl methyl sites for hydroxylation is 1. The van der Waals surface area contributed by atoms with E-state index in [1.165, 1.54) is 0 Å². The fourth-order valence-corrected chi connectivity index (χ4v) is 0.548. The first-order valence-corrected chi connectivity index (χ1v) is 2.66. The van der Waals surface area contributed by atoms with Gasteiger partial charge in [-0.3, -0.25) is 0 Å². The summed E-state index contributed by atoms with van der Waals surface area (Å²) in [5.41, 5.74) is 0.844. The van der Waals surface area contributed by atoms with E-state index in [9.17, 15) is 0 Å². The van der Waals surface area contributed by atoms with E-state index >= 15 is 0 Å². The van der Waals surface area contributed by atoms with Crippen molar-refractivity contribution in [3.63, 3.8) is 0 Å². The molecule has 0 fully saturated rings. The molecule has 1 aromatic rings. The Labute approximate surface area is 53.7 Å². The number of methoxy groups -OCH3 is 1. The number of ether oxygens (including phenoxy) is 1. The second-order valence-electron chi connectivity index (χ2n) is 1.75. The molecule has 0 aliphatic rings. The van der Waals surface area contributed by atoms with Gasteiger partial charge in [-0.2, -0.15) is 0 Å². The zero-order chi connectivity index (χ0) is 6.69. The molecule has 0 saturated carbocycles. The van der Waals surface area contributed by atoms with Crippen molar-refractivity contribution in [1.29, 1.82) is 0 Å². The Balaban J connectivity index is 2.69. The van der Waals surface area contributed by atoms with Gasteiger partial charge in [0.1, 0.15) is 6.61 Å². The molecule has 0 aliphatic carbocycles. The van der Waals surface area contributed by atoms with E-state index in [-0.39, 0.29) is 0 Å². The third kappa shape index (κ3) is 1.29. The quantitative estimate of drug-likeness (QED) is 0.591. The minimum atomic E-state index is 0.475. The van der Waals surface area contributed by atoms with E-state index in [0.717, 1.165) is 11.5 Å². The fourth-order valence-electron chi connectivity index (χ4n) is 0.548. The molecular formula is C6H8NO2. The van der Waals surface area contributed by atoms with E-state index in [1.54, 1.807) is 7.11 Å². The van der Waals surface area contributed by atoms with Crippen LogP contribution in [0.3, 0.4) is 0 Å². The summed E-state index contributed by atoms with van der Waals surface area (Å²) in [6.45, 7) is 2.33. The summed E-state index contributed by atoms with van der Waals surface area (Å²) in [5.74, 6) is 0.748. The van der Waals surface area contributed by atoms with E-state index in [2.05, 4.69) is 11.4 Å². The summed E-state index contributed by atoms with van der Waals surface area (Å²) in [4.78, 5) is 3.76. The molecule has 3 nitrogen and oxygen atoms in total.